The fraction of sp³-hybridized carbons (Fsp3) is 0.308. The Kier molecular flexibility index (Phi) is 7.72. The first kappa shape index (κ1) is 26.1. The predicted octanol–water partition coefficient (Wildman–Crippen LogP) is 4.00. The van der Waals surface area contributed by atoms with Gasteiger partial charge in [0.2, 0.25) is 5.91 Å². The Hall–Kier alpha value is -3.99. The molecule has 2 amide bonds. The highest BCUT2D eigenvalue weighted by atomic mass is 19.4. The molecule has 3 aromatic rings. The lowest BCUT2D eigenvalue weighted by Crippen LogP contribution is -2.49. The van der Waals surface area contributed by atoms with Gasteiger partial charge in [-0.3, -0.25) is 9.59 Å². The van der Waals surface area contributed by atoms with Gasteiger partial charge in [0.1, 0.15) is 6.33 Å². The summed E-state index contributed by atoms with van der Waals surface area (Å²) in [7, 11) is 0. The number of aryl methyl sites for hydroxylation is 1. The standard InChI is InChI=1S/C26H26F3N5O3/c1-17-20(13-30-16-33-17)23(35)32-14-25(10-11-37-15-25)24(36)31-12-18-6-8-19(9-7-18)34-22-5-3-2-4-21(22)26(27,28)29/h2-9,13,16,34H,10-12,14-15H2,1H3,(H,31,36)(H,32,35)/t25-/m0/s1. The van der Waals surface area contributed by atoms with E-state index in [9.17, 15) is 22.8 Å². The van der Waals surface area contributed by atoms with E-state index < -0.39 is 17.2 Å². The molecule has 8 nitrogen and oxygen atoms in total. The van der Waals surface area contributed by atoms with Gasteiger partial charge in [0.15, 0.2) is 0 Å². The molecule has 0 saturated carbocycles. The van der Waals surface area contributed by atoms with Crippen LogP contribution in [0.4, 0.5) is 24.5 Å². The molecule has 4 rings (SSSR count). The topological polar surface area (TPSA) is 105 Å². The van der Waals surface area contributed by atoms with Gasteiger partial charge in [0.25, 0.3) is 5.91 Å². The van der Waals surface area contributed by atoms with E-state index in [-0.39, 0.29) is 37.2 Å². The number of para-hydroxylation sites is 1. The molecule has 1 aromatic heterocycles. The van der Waals surface area contributed by atoms with Crippen LogP contribution in [0.15, 0.2) is 61.1 Å². The zero-order valence-electron chi connectivity index (χ0n) is 20.1. The minimum Gasteiger partial charge on any atom is -0.380 e. The summed E-state index contributed by atoms with van der Waals surface area (Å²) in [5.74, 6) is -0.625. The van der Waals surface area contributed by atoms with E-state index in [1.54, 1.807) is 31.2 Å². The number of hydrogen-bond acceptors (Lipinski definition) is 6. The number of amides is 2. The Balaban J connectivity index is 1.36. The van der Waals surface area contributed by atoms with E-state index in [2.05, 4.69) is 25.9 Å². The summed E-state index contributed by atoms with van der Waals surface area (Å²) >= 11 is 0. The third-order valence-corrected chi connectivity index (χ3v) is 6.25. The molecule has 11 heteroatoms. The van der Waals surface area contributed by atoms with E-state index in [4.69, 9.17) is 4.74 Å². The molecule has 2 aromatic carbocycles. The van der Waals surface area contributed by atoms with E-state index in [0.717, 1.165) is 11.6 Å². The van der Waals surface area contributed by atoms with Gasteiger partial charge in [-0.05, 0) is 43.2 Å². The largest absolute Gasteiger partial charge is 0.418 e. The molecular weight excluding hydrogens is 487 g/mol. The summed E-state index contributed by atoms with van der Waals surface area (Å²) in [4.78, 5) is 33.6. The highest BCUT2D eigenvalue weighted by Gasteiger charge is 2.42. The van der Waals surface area contributed by atoms with Crippen LogP contribution < -0.4 is 16.0 Å². The van der Waals surface area contributed by atoms with Crippen molar-refractivity contribution >= 4 is 23.2 Å². The molecular formula is C26H26F3N5O3. The lowest BCUT2D eigenvalue weighted by molar-refractivity contribution is -0.137. The van der Waals surface area contributed by atoms with Gasteiger partial charge in [0.05, 0.1) is 34.5 Å². The van der Waals surface area contributed by atoms with Gasteiger partial charge >= 0.3 is 6.18 Å². The maximum Gasteiger partial charge on any atom is 0.418 e. The third-order valence-electron chi connectivity index (χ3n) is 6.25. The van der Waals surface area contributed by atoms with Crippen molar-refractivity contribution in [2.24, 2.45) is 5.41 Å². The van der Waals surface area contributed by atoms with Crippen LogP contribution in [0.1, 0.15) is 33.6 Å². The number of rotatable bonds is 8. The van der Waals surface area contributed by atoms with Crippen molar-refractivity contribution in [2.45, 2.75) is 26.1 Å². The van der Waals surface area contributed by atoms with Crippen LogP contribution in [0.25, 0.3) is 0 Å². The Labute approximate surface area is 211 Å². The molecule has 3 N–H and O–H groups in total. The number of alkyl halides is 3. The lowest BCUT2D eigenvalue weighted by Gasteiger charge is -2.26. The monoisotopic (exact) mass is 513 g/mol. The minimum absolute atomic E-state index is 0.0430. The fourth-order valence-electron chi connectivity index (χ4n) is 4.03. The predicted molar refractivity (Wildman–Crippen MR) is 130 cm³/mol. The molecule has 0 spiro atoms. The van der Waals surface area contributed by atoms with Crippen molar-refractivity contribution < 1.29 is 27.5 Å². The molecule has 37 heavy (non-hydrogen) atoms. The summed E-state index contributed by atoms with van der Waals surface area (Å²) < 4.78 is 45.2. The van der Waals surface area contributed by atoms with Crippen molar-refractivity contribution in [2.75, 3.05) is 25.1 Å². The fourth-order valence-corrected chi connectivity index (χ4v) is 4.03. The highest BCUT2D eigenvalue weighted by Crippen LogP contribution is 2.36. The van der Waals surface area contributed by atoms with E-state index in [0.29, 0.717) is 30.0 Å². The van der Waals surface area contributed by atoms with Crippen molar-refractivity contribution in [3.63, 3.8) is 0 Å². The Bertz CT molecular complexity index is 1260. The molecule has 0 aliphatic carbocycles. The summed E-state index contributed by atoms with van der Waals surface area (Å²) in [6.45, 7) is 2.57. The molecule has 0 unspecified atom stereocenters. The van der Waals surface area contributed by atoms with Crippen LogP contribution in [0.5, 0.6) is 0 Å². The Morgan fingerprint density at radius 1 is 1.08 bits per heavy atom. The van der Waals surface area contributed by atoms with Crippen LogP contribution >= 0.6 is 0 Å². The number of carbonyl (C=O) groups is 2. The lowest BCUT2D eigenvalue weighted by atomic mass is 9.86. The van der Waals surface area contributed by atoms with Gasteiger partial charge in [-0.2, -0.15) is 13.2 Å². The number of hydrogen-bond donors (Lipinski definition) is 3. The van der Waals surface area contributed by atoms with Gasteiger partial charge in [-0.15, -0.1) is 0 Å². The number of anilines is 2. The Morgan fingerprint density at radius 2 is 1.84 bits per heavy atom. The molecule has 0 radical (unpaired) electrons. The van der Waals surface area contributed by atoms with Crippen molar-refractivity contribution in [1.29, 1.82) is 0 Å². The van der Waals surface area contributed by atoms with Gasteiger partial charge < -0.3 is 20.7 Å². The average molecular weight is 514 g/mol. The quantitative estimate of drug-likeness (QED) is 0.421. The second-order valence-corrected chi connectivity index (χ2v) is 8.84. The molecule has 1 atom stereocenters. The third kappa shape index (κ3) is 6.23. The van der Waals surface area contributed by atoms with Gasteiger partial charge in [-0.25, -0.2) is 9.97 Å². The summed E-state index contributed by atoms with van der Waals surface area (Å²) in [5.41, 5.74) is 0.406. The molecule has 2 heterocycles. The number of nitrogens with one attached hydrogen (secondary N) is 3. The number of carbonyl (C=O) groups excluding carboxylic acids is 2. The second-order valence-electron chi connectivity index (χ2n) is 8.84. The molecule has 1 saturated heterocycles. The van der Waals surface area contributed by atoms with Crippen LogP contribution in [0.3, 0.4) is 0 Å². The first-order valence-electron chi connectivity index (χ1n) is 11.6. The van der Waals surface area contributed by atoms with Crippen molar-refractivity contribution in [1.82, 2.24) is 20.6 Å². The smallest absolute Gasteiger partial charge is 0.380 e. The zero-order chi connectivity index (χ0) is 26.5. The van der Waals surface area contributed by atoms with E-state index in [1.165, 1.54) is 30.7 Å². The van der Waals surface area contributed by atoms with Crippen LogP contribution in [0.2, 0.25) is 0 Å². The molecule has 1 aliphatic rings. The SMILES string of the molecule is Cc1ncncc1C(=O)NC[C@@]1(C(=O)NCc2ccc(Nc3ccccc3C(F)(F)F)cc2)CCOC1. The number of aromatic nitrogens is 2. The van der Waals surface area contributed by atoms with Crippen molar-refractivity contribution in [3.8, 4) is 0 Å². The number of nitrogens with zero attached hydrogens (tertiary/aromatic N) is 2. The Morgan fingerprint density at radius 3 is 2.51 bits per heavy atom. The number of ether oxygens (including phenoxy) is 1. The minimum atomic E-state index is -4.47. The van der Waals surface area contributed by atoms with Gasteiger partial charge in [0, 0.05) is 31.6 Å². The maximum absolute atomic E-state index is 13.2. The molecule has 1 aliphatic heterocycles. The van der Waals surface area contributed by atoms with Crippen LogP contribution in [-0.2, 0) is 22.3 Å². The highest BCUT2D eigenvalue weighted by molar-refractivity contribution is 5.95. The zero-order valence-corrected chi connectivity index (χ0v) is 20.1. The van der Waals surface area contributed by atoms with E-state index in [1.807, 2.05) is 0 Å². The second kappa shape index (κ2) is 11.0. The normalized spacial score (nSPS) is 17.3. The molecule has 1 fully saturated rings. The summed E-state index contributed by atoms with van der Waals surface area (Å²) in [6, 6.07) is 12.0. The van der Waals surface area contributed by atoms with Crippen LogP contribution in [-0.4, -0.2) is 41.5 Å². The van der Waals surface area contributed by atoms with Crippen LogP contribution in [0, 0.1) is 12.3 Å². The van der Waals surface area contributed by atoms with Gasteiger partial charge in [-0.1, -0.05) is 24.3 Å². The van der Waals surface area contributed by atoms with Crippen molar-refractivity contribution in [3.05, 3.63) is 83.4 Å². The summed E-state index contributed by atoms with van der Waals surface area (Å²) in [5, 5.41) is 8.48. The first-order chi connectivity index (χ1) is 17.7. The summed E-state index contributed by atoms with van der Waals surface area (Å²) in [6.07, 6.45) is -1.24. The maximum atomic E-state index is 13.2. The number of halogens is 3. The first-order valence-corrected chi connectivity index (χ1v) is 11.6. The van der Waals surface area contributed by atoms with E-state index >= 15 is 0 Å². The average Bonchev–Trinajstić information content (AvgIpc) is 3.37. The molecule has 0 bridgehead atoms. The number of benzene rings is 2. The molecule has 194 valence electrons.